The molecule has 4 N–H and O–H groups in total. The molecule has 1 aromatic rings. The maximum atomic E-state index is 13.2. The molecule has 5 nitrogen and oxygen atoms in total. The fraction of sp³-hybridized carbons (Fsp3) is 0.364. The van der Waals surface area contributed by atoms with Gasteiger partial charge in [-0.3, -0.25) is 4.79 Å². The van der Waals surface area contributed by atoms with Crippen LogP contribution in [0.2, 0.25) is 0 Å². The Bertz CT molecular complexity index is 407. The number of aliphatic hydroxyl groups is 3. The van der Waals surface area contributed by atoms with Gasteiger partial charge in [0.25, 0.3) is 0 Å². The van der Waals surface area contributed by atoms with Gasteiger partial charge in [0, 0.05) is 6.61 Å². The Kier molecular flexibility index (Phi) is 4.56. The summed E-state index contributed by atoms with van der Waals surface area (Å²) in [4.78, 5) is 10.5. The van der Waals surface area contributed by atoms with E-state index in [-0.39, 0.29) is 30.4 Å². The van der Waals surface area contributed by atoms with Crippen LogP contribution in [0.1, 0.15) is 28.4 Å². The smallest absolute Gasteiger partial charge is 0.165 e. The lowest BCUT2D eigenvalue weighted by atomic mass is 10.00. The number of halogens is 1. The first-order valence-corrected chi connectivity index (χ1v) is 4.95. The molecule has 1 rings (SSSR count). The van der Waals surface area contributed by atoms with Gasteiger partial charge in [0.1, 0.15) is 6.10 Å². The number of hydrogen-bond acceptors (Lipinski definition) is 5. The normalized spacial score (nSPS) is 14.4. The minimum absolute atomic E-state index is 0.0386. The number of carbonyl (C=O) groups is 1. The molecule has 2 atom stereocenters. The summed E-state index contributed by atoms with van der Waals surface area (Å²) in [5.41, 5.74) is -0.349. The molecule has 6 heteroatoms. The van der Waals surface area contributed by atoms with E-state index >= 15 is 0 Å². The predicted octanol–water partition coefficient (Wildman–Crippen LogP) is 0.121. The maximum Gasteiger partial charge on any atom is 0.165 e. The van der Waals surface area contributed by atoms with Crippen molar-refractivity contribution < 1.29 is 29.6 Å². The van der Waals surface area contributed by atoms with E-state index < -0.39 is 23.8 Å². The summed E-state index contributed by atoms with van der Waals surface area (Å²) in [6.45, 7) is -0.334. The zero-order valence-electron chi connectivity index (χ0n) is 8.88. The Balaban J connectivity index is 3.06. The van der Waals surface area contributed by atoms with E-state index in [1.807, 2.05) is 0 Å². The summed E-state index contributed by atoms with van der Waals surface area (Å²) in [5.74, 6) is -1.85. The largest absolute Gasteiger partial charge is 0.504 e. The SMILES string of the molecule is O=Cc1cc(C(O)C(O)CCO)cc(F)c1O. The summed E-state index contributed by atoms with van der Waals surface area (Å²) in [5, 5.41) is 36.8. The highest BCUT2D eigenvalue weighted by molar-refractivity contribution is 5.79. The quantitative estimate of drug-likeness (QED) is 0.551. The van der Waals surface area contributed by atoms with Crippen molar-refractivity contribution in [2.75, 3.05) is 6.61 Å². The average molecular weight is 244 g/mol. The van der Waals surface area contributed by atoms with Crippen molar-refractivity contribution in [1.82, 2.24) is 0 Å². The number of aldehydes is 1. The second-order valence-corrected chi connectivity index (χ2v) is 3.58. The number of phenolic OH excluding ortho intramolecular Hbond substituents is 1. The highest BCUT2D eigenvalue weighted by Gasteiger charge is 2.20. The van der Waals surface area contributed by atoms with Gasteiger partial charge in [-0.1, -0.05) is 0 Å². The summed E-state index contributed by atoms with van der Waals surface area (Å²) in [6, 6.07) is 1.91. The van der Waals surface area contributed by atoms with Crippen LogP contribution in [-0.2, 0) is 0 Å². The topological polar surface area (TPSA) is 98.0 Å². The summed E-state index contributed by atoms with van der Waals surface area (Å²) in [6.07, 6.45) is -2.55. The molecule has 17 heavy (non-hydrogen) atoms. The molecule has 0 amide bonds. The van der Waals surface area contributed by atoms with E-state index in [4.69, 9.17) is 10.2 Å². The van der Waals surface area contributed by atoms with E-state index in [1.54, 1.807) is 0 Å². The zero-order valence-corrected chi connectivity index (χ0v) is 8.88. The van der Waals surface area contributed by atoms with Crippen LogP contribution in [0.25, 0.3) is 0 Å². The summed E-state index contributed by atoms with van der Waals surface area (Å²) in [7, 11) is 0. The Morgan fingerprint density at radius 1 is 1.35 bits per heavy atom. The molecule has 0 bridgehead atoms. The molecule has 1 aromatic carbocycles. The first-order valence-electron chi connectivity index (χ1n) is 4.95. The third-order valence-electron chi connectivity index (χ3n) is 2.37. The summed E-state index contributed by atoms with van der Waals surface area (Å²) >= 11 is 0. The van der Waals surface area contributed by atoms with Crippen molar-refractivity contribution in [3.63, 3.8) is 0 Å². The van der Waals surface area contributed by atoms with Crippen LogP contribution in [0.15, 0.2) is 12.1 Å². The van der Waals surface area contributed by atoms with Crippen molar-refractivity contribution in [3.8, 4) is 5.75 Å². The number of aliphatic hydroxyl groups excluding tert-OH is 3. The number of rotatable bonds is 5. The lowest BCUT2D eigenvalue weighted by molar-refractivity contribution is 0.00401. The van der Waals surface area contributed by atoms with E-state index in [2.05, 4.69) is 0 Å². The third-order valence-corrected chi connectivity index (χ3v) is 2.37. The van der Waals surface area contributed by atoms with Gasteiger partial charge >= 0.3 is 0 Å². The van der Waals surface area contributed by atoms with E-state index in [9.17, 15) is 19.4 Å². The van der Waals surface area contributed by atoms with Gasteiger partial charge < -0.3 is 20.4 Å². The van der Waals surface area contributed by atoms with Crippen LogP contribution in [0, 0.1) is 5.82 Å². The van der Waals surface area contributed by atoms with Crippen molar-refractivity contribution in [2.45, 2.75) is 18.6 Å². The Morgan fingerprint density at radius 3 is 2.53 bits per heavy atom. The second-order valence-electron chi connectivity index (χ2n) is 3.58. The van der Waals surface area contributed by atoms with Crippen LogP contribution in [-0.4, -0.2) is 39.4 Å². The van der Waals surface area contributed by atoms with Crippen molar-refractivity contribution in [1.29, 1.82) is 0 Å². The first kappa shape index (κ1) is 13.6. The van der Waals surface area contributed by atoms with Crippen molar-refractivity contribution in [3.05, 3.63) is 29.1 Å². The lowest BCUT2D eigenvalue weighted by Crippen LogP contribution is -2.19. The van der Waals surface area contributed by atoms with Crippen LogP contribution >= 0.6 is 0 Å². The minimum Gasteiger partial charge on any atom is -0.504 e. The molecule has 0 spiro atoms. The Morgan fingerprint density at radius 2 is 2.00 bits per heavy atom. The molecular weight excluding hydrogens is 231 g/mol. The van der Waals surface area contributed by atoms with E-state index in [1.165, 1.54) is 0 Å². The molecule has 94 valence electrons. The average Bonchev–Trinajstić information content (AvgIpc) is 2.31. The van der Waals surface area contributed by atoms with Gasteiger partial charge in [-0.15, -0.1) is 0 Å². The molecule has 0 aliphatic carbocycles. The number of aromatic hydroxyl groups is 1. The van der Waals surface area contributed by atoms with Crippen molar-refractivity contribution >= 4 is 6.29 Å². The molecule has 0 aliphatic heterocycles. The van der Waals surface area contributed by atoms with Crippen LogP contribution in [0.4, 0.5) is 4.39 Å². The fourth-order valence-corrected chi connectivity index (χ4v) is 1.42. The van der Waals surface area contributed by atoms with Gasteiger partial charge in [-0.25, -0.2) is 4.39 Å². The molecular formula is C11H13FO5. The number of phenols is 1. The minimum atomic E-state index is -1.43. The van der Waals surface area contributed by atoms with Crippen LogP contribution in [0.3, 0.4) is 0 Å². The highest BCUT2D eigenvalue weighted by Crippen LogP contribution is 2.27. The van der Waals surface area contributed by atoms with E-state index in [0.29, 0.717) is 0 Å². The number of benzene rings is 1. The van der Waals surface area contributed by atoms with Crippen LogP contribution < -0.4 is 0 Å². The van der Waals surface area contributed by atoms with Gasteiger partial charge in [0.05, 0.1) is 11.7 Å². The molecule has 0 saturated heterocycles. The Labute approximate surface area is 96.8 Å². The molecule has 0 fully saturated rings. The van der Waals surface area contributed by atoms with Gasteiger partial charge in [-0.2, -0.15) is 0 Å². The second kappa shape index (κ2) is 5.72. The highest BCUT2D eigenvalue weighted by atomic mass is 19.1. The molecule has 0 saturated carbocycles. The lowest BCUT2D eigenvalue weighted by Gasteiger charge is -2.18. The van der Waals surface area contributed by atoms with E-state index in [0.717, 1.165) is 12.1 Å². The first-order chi connectivity index (χ1) is 8.01. The molecule has 0 aromatic heterocycles. The Hall–Kier alpha value is -1.50. The predicted molar refractivity (Wildman–Crippen MR) is 56.1 cm³/mol. The monoisotopic (exact) mass is 244 g/mol. The van der Waals surface area contributed by atoms with Crippen LogP contribution in [0.5, 0.6) is 5.75 Å². The van der Waals surface area contributed by atoms with Gasteiger partial charge in [-0.05, 0) is 24.1 Å². The molecule has 0 aliphatic rings. The number of hydrogen-bond donors (Lipinski definition) is 4. The molecule has 0 heterocycles. The summed E-state index contributed by atoms with van der Waals surface area (Å²) < 4.78 is 13.2. The maximum absolute atomic E-state index is 13.2. The van der Waals surface area contributed by atoms with Gasteiger partial charge in [0.15, 0.2) is 17.9 Å². The molecule has 0 radical (unpaired) electrons. The fourth-order valence-electron chi connectivity index (χ4n) is 1.42. The van der Waals surface area contributed by atoms with Gasteiger partial charge in [0.2, 0.25) is 0 Å². The van der Waals surface area contributed by atoms with Crippen molar-refractivity contribution in [2.24, 2.45) is 0 Å². The standard InChI is InChI=1S/C11H13FO5/c12-8-4-6(3-7(5-14)10(8)16)11(17)9(15)1-2-13/h3-5,9,11,13,15-17H,1-2H2. The third kappa shape index (κ3) is 3.00. The zero-order chi connectivity index (χ0) is 13.0. The molecule has 2 unspecified atom stereocenters. The number of carbonyl (C=O) groups excluding carboxylic acids is 1.